The Labute approximate surface area is 152 Å². The molecule has 1 atom stereocenters. The Bertz CT molecular complexity index is 785. The van der Waals surface area contributed by atoms with Gasteiger partial charge in [-0.15, -0.1) is 10.2 Å². The smallest absolute Gasteiger partial charge is 0.204 e. The van der Waals surface area contributed by atoms with Crippen molar-refractivity contribution in [1.82, 2.24) is 30.5 Å². The highest BCUT2D eigenvalue weighted by Gasteiger charge is 2.20. The van der Waals surface area contributed by atoms with Gasteiger partial charge in [0.25, 0.3) is 0 Å². The third-order valence-corrected chi connectivity index (χ3v) is 4.56. The highest BCUT2D eigenvalue weighted by molar-refractivity contribution is 5.54. The van der Waals surface area contributed by atoms with Crippen LogP contribution in [-0.4, -0.2) is 49.8 Å². The Balaban J connectivity index is 1.46. The fraction of sp³-hybridized carbons (Fsp3) is 0.368. The van der Waals surface area contributed by atoms with Gasteiger partial charge < -0.3 is 4.74 Å². The second-order valence-corrected chi connectivity index (χ2v) is 6.56. The molecule has 1 aliphatic heterocycles. The number of nitrogens with one attached hydrogen (secondary N) is 1. The van der Waals surface area contributed by atoms with E-state index in [-0.39, 0.29) is 0 Å². The second-order valence-electron chi connectivity index (χ2n) is 6.56. The third kappa shape index (κ3) is 4.30. The fourth-order valence-corrected chi connectivity index (χ4v) is 3.28. The van der Waals surface area contributed by atoms with Gasteiger partial charge in [-0.25, -0.2) is 0 Å². The number of nitrogens with zero attached hydrogens (tertiary/aromatic N) is 5. The lowest BCUT2D eigenvalue weighted by atomic mass is 10.1. The molecule has 1 fully saturated rings. The van der Waals surface area contributed by atoms with E-state index in [0.717, 1.165) is 50.3 Å². The van der Waals surface area contributed by atoms with Crippen LogP contribution in [0.3, 0.4) is 0 Å². The van der Waals surface area contributed by atoms with Crippen LogP contribution in [0.2, 0.25) is 0 Å². The molecule has 0 saturated carbocycles. The molecule has 0 bridgehead atoms. The Morgan fingerprint density at radius 2 is 2.04 bits per heavy atom. The number of ether oxygens (including phenoxy) is 1. The molecule has 0 spiro atoms. The van der Waals surface area contributed by atoms with Crippen molar-refractivity contribution >= 4 is 0 Å². The van der Waals surface area contributed by atoms with E-state index in [1.165, 1.54) is 5.56 Å². The van der Waals surface area contributed by atoms with Gasteiger partial charge in [-0.3, -0.25) is 9.88 Å². The van der Waals surface area contributed by atoms with E-state index in [2.05, 4.69) is 48.7 Å². The monoisotopic (exact) mass is 350 g/mol. The largest absolute Gasteiger partial charge is 0.377 e. The van der Waals surface area contributed by atoms with Gasteiger partial charge in [0.1, 0.15) is 0 Å². The van der Waals surface area contributed by atoms with Crippen molar-refractivity contribution in [1.29, 1.82) is 0 Å². The lowest BCUT2D eigenvalue weighted by Crippen LogP contribution is -2.31. The number of tetrazole rings is 1. The third-order valence-electron chi connectivity index (χ3n) is 4.56. The summed E-state index contributed by atoms with van der Waals surface area (Å²) in [6, 6.07) is 14.4. The number of H-pyrrole nitrogens is 1. The first-order chi connectivity index (χ1) is 12.9. The summed E-state index contributed by atoms with van der Waals surface area (Å²) in [5, 5.41) is 14.1. The maximum absolute atomic E-state index is 5.84. The molecule has 7 heteroatoms. The van der Waals surface area contributed by atoms with E-state index < -0.39 is 0 Å². The quantitative estimate of drug-likeness (QED) is 0.705. The van der Waals surface area contributed by atoms with E-state index in [1.54, 1.807) is 0 Å². The minimum absolute atomic E-state index is 0.317. The molecule has 3 heterocycles. The summed E-state index contributed by atoms with van der Waals surface area (Å²) in [5.74, 6) is 0.612. The predicted molar refractivity (Wildman–Crippen MR) is 96.9 cm³/mol. The average molecular weight is 350 g/mol. The van der Waals surface area contributed by atoms with Gasteiger partial charge in [0, 0.05) is 38.0 Å². The van der Waals surface area contributed by atoms with E-state index in [0.29, 0.717) is 11.9 Å². The maximum atomic E-state index is 5.84. The molecule has 1 saturated heterocycles. The summed E-state index contributed by atoms with van der Waals surface area (Å²) in [7, 11) is 0. The molecule has 0 amide bonds. The van der Waals surface area contributed by atoms with E-state index in [9.17, 15) is 0 Å². The number of aromatic nitrogens is 5. The van der Waals surface area contributed by atoms with Gasteiger partial charge in [-0.2, -0.15) is 5.21 Å². The van der Waals surface area contributed by atoms with Crippen molar-refractivity contribution in [3.63, 3.8) is 0 Å². The van der Waals surface area contributed by atoms with Gasteiger partial charge in [0.15, 0.2) is 0 Å². The molecule has 0 radical (unpaired) electrons. The van der Waals surface area contributed by atoms with Gasteiger partial charge in [0.05, 0.1) is 11.8 Å². The summed E-state index contributed by atoms with van der Waals surface area (Å²) in [6.45, 7) is 3.46. The molecule has 1 unspecified atom stereocenters. The van der Waals surface area contributed by atoms with Crippen LogP contribution < -0.4 is 0 Å². The lowest BCUT2D eigenvalue weighted by Gasteiger charge is -2.25. The number of hydrogen-bond acceptors (Lipinski definition) is 6. The summed E-state index contributed by atoms with van der Waals surface area (Å²) in [5.41, 5.74) is 3.28. The van der Waals surface area contributed by atoms with Crippen molar-refractivity contribution in [2.45, 2.75) is 32.0 Å². The van der Waals surface area contributed by atoms with Crippen LogP contribution in [-0.2, 0) is 17.8 Å². The van der Waals surface area contributed by atoms with Crippen LogP contribution >= 0.6 is 0 Å². The fourth-order valence-electron chi connectivity index (χ4n) is 3.28. The summed E-state index contributed by atoms with van der Waals surface area (Å²) in [4.78, 5) is 6.88. The van der Waals surface area contributed by atoms with E-state index in [4.69, 9.17) is 4.74 Å². The second kappa shape index (κ2) is 8.16. The topological polar surface area (TPSA) is 79.8 Å². The zero-order valence-electron chi connectivity index (χ0n) is 14.6. The van der Waals surface area contributed by atoms with Crippen molar-refractivity contribution in [2.75, 3.05) is 13.2 Å². The maximum Gasteiger partial charge on any atom is 0.204 e. The van der Waals surface area contributed by atoms with E-state index >= 15 is 0 Å². The first kappa shape index (κ1) is 16.8. The Kier molecular flexibility index (Phi) is 5.27. The molecule has 2 aromatic heterocycles. The van der Waals surface area contributed by atoms with E-state index in [1.807, 2.05) is 30.5 Å². The van der Waals surface area contributed by atoms with Crippen LogP contribution in [0.1, 0.15) is 24.1 Å². The van der Waals surface area contributed by atoms with Crippen LogP contribution in [0.15, 0.2) is 48.7 Å². The minimum Gasteiger partial charge on any atom is -0.377 e. The molecule has 1 aliphatic rings. The molecule has 3 aromatic rings. The molecule has 26 heavy (non-hydrogen) atoms. The highest BCUT2D eigenvalue weighted by atomic mass is 16.5. The normalized spacial score (nSPS) is 17.0. The van der Waals surface area contributed by atoms with Crippen molar-refractivity contribution in [2.24, 2.45) is 0 Å². The highest BCUT2D eigenvalue weighted by Crippen LogP contribution is 2.19. The number of benzene rings is 1. The molecule has 1 N–H and O–H groups in total. The SMILES string of the molecule is c1ccc(CN(Cc2ccc(-c3nn[nH]n3)cc2)CC2CCCO2)nc1. The molecule has 134 valence electrons. The number of hydrogen-bond donors (Lipinski definition) is 1. The summed E-state index contributed by atoms with van der Waals surface area (Å²) in [6.07, 6.45) is 4.45. The van der Waals surface area contributed by atoms with Gasteiger partial charge >= 0.3 is 0 Å². The van der Waals surface area contributed by atoms with Crippen LogP contribution in [0, 0.1) is 0 Å². The van der Waals surface area contributed by atoms with Crippen LogP contribution in [0.4, 0.5) is 0 Å². The number of rotatable bonds is 7. The molecular weight excluding hydrogens is 328 g/mol. The Hall–Kier alpha value is -2.64. The van der Waals surface area contributed by atoms with Crippen molar-refractivity contribution in [3.05, 3.63) is 59.9 Å². The van der Waals surface area contributed by atoms with Gasteiger partial charge in [-0.1, -0.05) is 30.3 Å². The summed E-state index contributed by atoms with van der Waals surface area (Å²) < 4.78 is 5.84. The van der Waals surface area contributed by atoms with Crippen molar-refractivity contribution in [3.8, 4) is 11.4 Å². The Morgan fingerprint density at radius 3 is 2.73 bits per heavy atom. The zero-order chi connectivity index (χ0) is 17.6. The lowest BCUT2D eigenvalue weighted by molar-refractivity contribution is 0.0675. The number of aromatic amines is 1. The average Bonchev–Trinajstić information content (AvgIpc) is 3.37. The molecule has 0 aliphatic carbocycles. The molecule has 4 rings (SSSR count). The first-order valence-corrected chi connectivity index (χ1v) is 8.93. The summed E-state index contributed by atoms with van der Waals surface area (Å²) >= 11 is 0. The molecular formula is C19H22N6O. The zero-order valence-corrected chi connectivity index (χ0v) is 14.6. The standard InChI is InChI=1S/C19H22N6O/c1-2-10-20-17(4-1)13-25(14-18-5-3-11-26-18)12-15-6-8-16(9-7-15)19-21-23-24-22-19/h1-2,4,6-10,18H,3,5,11-14H2,(H,21,22,23,24). The first-order valence-electron chi connectivity index (χ1n) is 8.93. The molecule has 1 aromatic carbocycles. The minimum atomic E-state index is 0.317. The van der Waals surface area contributed by atoms with Crippen molar-refractivity contribution < 1.29 is 4.74 Å². The van der Waals surface area contributed by atoms with Gasteiger partial charge in [0.2, 0.25) is 5.82 Å². The predicted octanol–water partition coefficient (Wildman–Crippen LogP) is 2.44. The number of pyridine rings is 1. The van der Waals surface area contributed by atoms with Crippen LogP contribution in [0.25, 0.3) is 11.4 Å². The molecule has 7 nitrogen and oxygen atoms in total. The van der Waals surface area contributed by atoms with Crippen LogP contribution in [0.5, 0.6) is 0 Å². The van der Waals surface area contributed by atoms with Gasteiger partial charge in [-0.05, 0) is 35.8 Å². The Morgan fingerprint density at radius 1 is 1.12 bits per heavy atom.